The minimum Gasteiger partial charge on any atom is -0.465 e. The molecule has 7 nitrogen and oxygen atoms in total. The predicted molar refractivity (Wildman–Crippen MR) is 116 cm³/mol. The summed E-state index contributed by atoms with van der Waals surface area (Å²) in [4.78, 5) is 44.2. The molecule has 30 heavy (non-hydrogen) atoms. The summed E-state index contributed by atoms with van der Waals surface area (Å²) < 4.78 is 6.09. The van der Waals surface area contributed by atoms with E-state index in [0.29, 0.717) is 22.6 Å². The lowest BCUT2D eigenvalue weighted by atomic mass is 9.89. The highest BCUT2D eigenvalue weighted by Gasteiger charge is 2.25. The van der Waals surface area contributed by atoms with Crippen LogP contribution in [0.2, 0.25) is 0 Å². The number of rotatable bonds is 4. The molecule has 0 fully saturated rings. The van der Waals surface area contributed by atoms with E-state index in [0.717, 1.165) is 29.7 Å². The lowest BCUT2D eigenvalue weighted by Gasteiger charge is -2.18. The summed E-state index contributed by atoms with van der Waals surface area (Å²) in [6, 6.07) is 5.72. The Bertz CT molecular complexity index is 1200. The molecular weight excluding hydrogens is 402 g/mol. The van der Waals surface area contributed by atoms with E-state index in [2.05, 4.69) is 17.2 Å². The van der Waals surface area contributed by atoms with E-state index in [4.69, 9.17) is 4.74 Å². The molecule has 0 aliphatic heterocycles. The first-order valence-electron chi connectivity index (χ1n) is 9.89. The molecule has 4 rings (SSSR count). The first-order valence-corrected chi connectivity index (χ1v) is 10.7. The van der Waals surface area contributed by atoms with Gasteiger partial charge in [-0.25, -0.2) is 9.78 Å². The largest absolute Gasteiger partial charge is 0.465 e. The van der Waals surface area contributed by atoms with Crippen molar-refractivity contribution < 1.29 is 14.3 Å². The molecule has 1 aromatic carbocycles. The number of ether oxygens (including phenoxy) is 1. The average Bonchev–Trinajstić information content (AvgIpc) is 3.11. The number of amides is 1. The normalized spacial score (nSPS) is 16.7. The summed E-state index contributed by atoms with van der Waals surface area (Å²) in [5.41, 5.74) is 1.71. The quantitative estimate of drug-likeness (QED) is 0.646. The fourth-order valence-electron chi connectivity index (χ4n) is 3.83. The average molecular weight is 426 g/mol. The molecule has 1 aliphatic rings. The number of fused-ring (bicyclic) bond motifs is 3. The lowest BCUT2D eigenvalue weighted by molar-refractivity contribution is -0.118. The third kappa shape index (κ3) is 3.63. The summed E-state index contributed by atoms with van der Waals surface area (Å²) in [6.45, 7) is 3.88. The maximum atomic E-state index is 13.2. The molecule has 156 valence electrons. The summed E-state index contributed by atoms with van der Waals surface area (Å²) >= 11 is 1.59. The van der Waals surface area contributed by atoms with Crippen LogP contribution < -0.4 is 10.9 Å². The number of nitrogens with one attached hydrogen (secondary N) is 1. The van der Waals surface area contributed by atoms with Crippen molar-refractivity contribution in [3.8, 4) is 0 Å². The van der Waals surface area contributed by atoms with Crippen LogP contribution >= 0.6 is 11.3 Å². The fraction of sp³-hybridized carbons (Fsp3) is 0.364. The number of esters is 1. The van der Waals surface area contributed by atoms with Gasteiger partial charge in [0.2, 0.25) is 5.91 Å². The summed E-state index contributed by atoms with van der Waals surface area (Å²) in [5.74, 6) is -0.238. The van der Waals surface area contributed by atoms with Crippen LogP contribution in [0, 0.1) is 5.92 Å². The number of anilines is 1. The van der Waals surface area contributed by atoms with E-state index < -0.39 is 12.0 Å². The Morgan fingerprint density at radius 3 is 2.93 bits per heavy atom. The van der Waals surface area contributed by atoms with Crippen molar-refractivity contribution in [3.63, 3.8) is 0 Å². The molecule has 1 aliphatic carbocycles. The van der Waals surface area contributed by atoms with Crippen molar-refractivity contribution in [2.24, 2.45) is 5.92 Å². The highest BCUT2D eigenvalue weighted by molar-refractivity contribution is 7.18. The maximum Gasteiger partial charge on any atom is 0.337 e. The Morgan fingerprint density at radius 1 is 1.37 bits per heavy atom. The monoisotopic (exact) mass is 425 g/mol. The molecule has 1 N–H and O–H groups in total. The van der Waals surface area contributed by atoms with Gasteiger partial charge in [-0.05, 0) is 55.9 Å². The molecule has 0 radical (unpaired) electrons. The van der Waals surface area contributed by atoms with E-state index >= 15 is 0 Å². The number of carbonyl (C=O) groups is 2. The number of benzene rings is 1. The Kier molecular flexibility index (Phi) is 5.42. The zero-order chi connectivity index (χ0) is 21.4. The Balaban J connectivity index is 1.62. The number of aryl methyl sites for hydroxylation is 1. The van der Waals surface area contributed by atoms with Gasteiger partial charge in [0.25, 0.3) is 5.56 Å². The number of hydrogen-bond donors (Lipinski definition) is 1. The lowest BCUT2D eigenvalue weighted by Crippen LogP contribution is -2.32. The second-order valence-corrected chi connectivity index (χ2v) is 8.81. The number of carbonyl (C=O) groups excluding carboxylic acids is 2. The number of thiophene rings is 1. The molecule has 3 aromatic rings. The Morgan fingerprint density at radius 2 is 2.17 bits per heavy atom. The second-order valence-electron chi connectivity index (χ2n) is 7.73. The number of hydrogen-bond acceptors (Lipinski definition) is 6. The van der Waals surface area contributed by atoms with E-state index in [1.54, 1.807) is 36.5 Å². The predicted octanol–water partition coefficient (Wildman–Crippen LogP) is 3.57. The van der Waals surface area contributed by atoms with Crippen LogP contribution in [0.15, 0.2) is 35.4 Å². The molecule has 0 saturated carbocycles. The van der Waals surface area contributed by atoms with Gasteiger partial charge in [0.1, 0.15) is 10.9 Å². The third-order valence-corrected chi connectivity index (χ3v) is 6.75. The Labute approximate surface area is 177 Å². The summed E-state index contributed by atoms with van der Waals surface area (Å²) in [7, 11) is 1.30. The van der Waals surface area contributed by atoms with Gasteiger partial charge in [-0.3, -0.25) is 14.2 Å². The van der Waals surface area contributed by atoms with Gasteiger partial charge in [-0.2, -0.15) is 0 Å². The van der Waals surface area contributed by atoms with Crippen molar-refractivity contribution in [2.75, 3.05) is 12.4 Å². The van der Waals surface area contributed by atoms with Crippen LogP contribution in [-0.2, 0) is 22.4 Å². The highest BCUT2D eigenvalue weighted by Crippen LogP contribution is 2.35. The van der Waals surface area contributed by atoms with Crippen LogP contribution in [0.5, 0.6) is 0 Å². The molecule has 0 spiro atoms. The smallest absolute Gasteiger partial charge is 0.337 e. The topological polar surface area (TPSA) is 90.3 Å². The van der Waals surface area contributed by atoms with E-state index in [9.17, 15) is 14.4 Å². The van der Waals surface area contributed by atoms with E-state index in [1.807, 2.05) is 0 Å². The first-order chi connectivity index (χ1) is 14.4. The SMILES string of the molecule is COC(=O)c1cccc(NC(=O)C(C)n2cnc3sc4c(c3c2=O)CCC(C)C4)c1. The fourth-order valence-corrected chi connectivity index (χ4v) is 5.18. The molecule has 2 aromatic heterocycles. The van der Waals surface area contributed by atoms with Crippen LogP contribution in [0.1, 0.15) is 47.1 Å². The minimum absolute atomic E-state index is 0.182. The molecule has 2 unspecified atom stereocenters. The van der Waals surface area contributed by atoms with Gasteiger partial charge in [0, 0.05) is 10.6 Å². The number of aromatic nitrogens is 2. The van der Waals surface area contributed by atoms with Crippen molar-refractivity contribution in [1.29, 1.82) is 0 Å². The molecule has 0 bridgehead atoms. The van der Waals surface area contributed by atoms with Gasteiger partial charge in [-0.1, -0.05) is 13.0 Å². The summed E-state index contributed by atoms with van der Waals surface area (Å²) in [5, 5.41) is 3.41. The van der Waals surface area contributed by atoms with E-state index in [1.165, 1.54) is 28.9 Å². The van der Waals surface area contributed by atoms with Crippen molar-refractivity contribution in [3.05, 3.63) is 57.0 Å². The zero-order valence-electron chi connectivity index (χ0n) is 17.1. The van der Waals surface area contributed by atoms with Gasteiger partial charge in [0.15, 0.2) is 0 Å². The maximum absolute atomic E-state index is 13.2. The van der Waals surface area contributed by atoms with Crippen LogP contribution in [-0.4, -0.2) is 28.5 Å². The molecule has 2 atom stereocenters. The highest BCUT2D eigenvalue weighted by atomic mass is 32.1. The molecule has 1 amide bonds. The van der Waals surface area contributed by atoms with Gasteiger partial charge < -0.3 is 10.1 Å². The zero-order valence-corrected chi connectivity index (χ0v) is 17.9. The number of nitrogens with zero attached hydrogens (tertiary/aromatic N) is 2. The third-order valence-electron chi connectivity index (χ3n) is 5.59. The van der Waals surface area contributed by atoms with Gasteiger partial charge >= 0.3 is 5.97 Å². The molecule has 2 heterocycles. The standard InChI is InChI=1S/C22H23N3O4S/c1-12-7-8-16-17(9-12)30-20-18(16)21(27)25(11-23-20)13(2)19(26)24-15-6-4-5-14(10-15)22(28)29-3/h4-6,10-13H,7-9H2,1-3H3,(H,24,26). The molecule has 8 heteroatoms. The number of methoxy groups -OCH3 is 1. The van der Waals surface area contributed by atoms with Gasteiger partial charge in [0.05, 0.1) is 24.4 Å². The molecule has 0 saturated heterocycles. The van der Waals surface area contributed by atoms with Crippen LogP contribution in [0.3, 0.4) is 0 Å². The van der Waals surface area contributed by atoms with Crippen molar-refractivity contribution >= 4 is 39.1 Å². The summed E-state index contributed by atoms with van der Waals surface area (Å²) in [6.07, 6.45) is 4.35. The van der Waals surface area contributed by atoms with Crippen molar-refractivity contribution in [2.45, 2.75) is 39.2 Å². The first kappa shape index (κ1) is 20.3. The van der Waals surface area contributed by atoms with E-state index in [-0.39, 0.29) is 11.5 Å². The van der Waals surface area contributed by atoms with Crippen molar-refractivity contribution in [1.82, 2.24) is 9.55 Å². The van der Waals surface area contributed by atoms with Crippen LogP contribution in [0.25, 0.3) is 10.2 Å². The van der Waals surface area contributed by atoms with Crippen LogP contribution in [0.4, 0.5) is 5.69 Å². The van der Waals surface area contributed by atoms with Gasteiger partial charge in [-0.15, -0.1) is 11.3 Å². The second kappa shape index (κ2) is 8.02. The molecular formula is C22H23N3O4S. The minimum atomic E-state index is -0.755. The Hall–Kier alpha value is -3.00.